The van der Waals surface area contributed by atoms with Gasteiger partial charge in [-0.1, -0.05) is 0 Å². The molecule has 1 aliphatic heterocycles. The Morgan fingerprint density at radius 3 is 2.78 bits per heavy atom. The van der Waals surface area contributed by atoms with E-state index in [0.717, 1.165) is 61.7 Å². The number of nitrogens with zero attached hydrogens (tertiary/aromatic N) is 6. The molecule has 3 heterocycles. The number of aliphatic imine (C=N–C) groups is 1. The van der Waals surface area contributed by atoms with Crippen LogP contribution in [0.4, 0.5) is 5.82 Å². The predicted octanol–water partition coefficient (Wildman–Crippen LogP) is 1.81. The van der Waals surface area contributed by atoms with Crippen molar-refractivity contribution in [3.05, 3.63) is 40.0 Å². The van der Waals surface area contributed by atoms with Crippen LogP contribution in [0.1, 0.15) is 16.3 Å². The molecule has 0 aromatic carbocycles. The Hall–Kier alpha value is -2.19. The lowest BCUT2D eigenvalue weighted by Gasteiger charge is -2.33. The quantitative estimate of drug-likeness (QED) is 0.624. The van der Waals surface area contributed by atoms with Gasteiger partial charge in [-0.3, -0.25) is 4.99 Å². The number of anilines is 1. The van der Waals surface area contributed by atoms with Crippen LogP contribution in [0.15, 0.2) is 28.7 Å². The molecular formula is C19H29N7S. The first-order chi connectivity index (χ1) is 13.0. The molecule has 0 atom stereocenters. The summed E-state index contributed by atoms with van der Waals surface area (Å²) >= 11 is 1.68. The van der Waals surface area contributed by atoms with Crippen LogP contribution >= 0.6 is 11.3 Å². The van der Waals surface area contributed by atoms with Crippen molar-refractivity contribution in [1.29, 1.82) is 0 Å². The first-order valence-electron chi connectivity index (χ1n) is 9.26. The molecule has 1 fully saturated rings. The molecule has 1 N–H and O–H groups in total. The van der Waals surface area contributed by atoms with E-state index < -0.39 is 0 Å². The van der Waals surface area contributed by atoms with Crippen LogP contribution in [0.5, 0.6) is 0 Å². The maximum Gasteiger partial charge on any atom is 0.194 e. The SMILES string of the molecule is CN=C(NCc1ccnc(N2CCN(C)CC2)c1)N(C)Cc1csc(C)n1. The van der Waals surface area contributed by atoms with Crippen LogP contribution in [-0.2, 0) is 13.1 Å². The molecule has 8 heteroatoms. The maximum atomic E-state index is 4.56. The Kier molecular flexibility index (Phi) is 6.63. The molecule has 0 amide bonds. The lowest BCUT2D eigenvalue weighted by molar-refractivity contribution is 0.312. The molecule has 3 rings (SSSR count). The number of pyridine rings is 1. The summed E-state index contributed by atoms with van der Waals surface area (Å²) in [6, 6.07) is 4.24. The average Bonchev–Trinajstić information content (AvgIpc) is 3.08. The third-order valence-corrected chi connectivity index (χ3v) is 5.55. The van der Waals surface area contributed by atoms with Gasteiger partial charge in [0.2, 0.25) is 0 Å². The number of aromatic nitrogens is 2. The van der Waals surface area contributed by atoms with E-state index in [0.29, 0.717) is 0 Å². The summed E-state index contributed by atoms with van der Waals surface area (Å²) in [5.41, 5.74) is 2.28. The second-order valence-electron chi connectivity index (χ2n) is 6.93. The smallest absolute Gasteiger partial charge is 0.194 e. The minimum Gasteiger partial charge on any atom is -0.354 e. The molecule has 0 spiro atoms. The monoisotopic (exact) mass is 387 g/mol. The van der Waals surface area contributed by atoms with Crippen molar-refractivity contribution >= 4 is 23.1 Å². The summed E-state index contributed by atoms with van der Waals surface area (Å²) in [4.78, 5) is 20.3. The van der Waals surface area contributed by atoms with Gasteiger partial charge in [0.15, 0.2) is 5.96 Å². The van der Waals surface area contributed by atoms with Crippen molar-refractivity contribution in [2.45, 2.75) is 20.0 Å². The Morgan fingerprint density at radius 2 is 2.11 bits per heavy atom. The van der Waals surface area contributed by atoms with Gasteiger partial charge in [-0.15, -0.1) is 11.3 Å². The Bertz CT molecular complexity index is 765. The fraction of sp³-hybridized carbons (Fsp3) is 0.526. The lowest BCUT2D eigenvalue weighted by atomic mass is 10.2. The fourth-order valence-electron chi connectivity index (χ4n) is 3.14. The molecule has 0 radical (unpaired) electrons. The van der Waals surface area contributed by atoms with Crippen LogP contribution in [0.25, 0.3) is 0 Å². The second kappa shape index (κ2) is 9.14. The van der Waals surface area contributed by atoms with Gasteiger partial charge >= 0.3 is 0 Å². The van der Waals surface area contributed by atoms with Crippen molar-refractivity contribution in [2.24, 2.45) is 4.99 Å². The number of hydrogen-bond donors (Lipinski definition) is 1. The third kappa shape index (κ3) is 5.40. The van der Waals surface area contributed by atoms with Crippen LogP contribution in [0.3, 0.4) is 0 Å². The zero-order valence-electron chi connectivity index (χ0n) is 16.6. The van der Waals surface area contributed by atoms with E-state index in [1.807, 2.05) is 27.2 Å². The van der Waals surface area contributed by atoms with E-state index in [1.54, 1.807) is 11.3 Å². The Balaban J connectivity index is 1.57. The Morgan fingerprint density at radius 1 is 1.33 bits per heavy atom. The molecule has 0 aliphatic carbocycles. The number of aryl methyl sites for hydroxylation is 1. The van der Waals surface area contributed by atoms with Crippen molar-refractivity contribution in [3.63, 3.8) is 0 Å². The van der Waals surface area contributed by atoms with Gasteiger partial charge < -0.3 is 20.0 Å². The number of hydrogen-bond acceptors (Lipinski definition) is 6. The van der Waals surface area contributed by atoms with Crippen molar-refractivity contribution in [2.75, 3.05) is 52.2 Å². The van der Waals surface area contributed by atoms with Crippen LogP contribution < -0.4 is 10.2 Å². The van der Waals surface area contributed by atoms with Crippen LogP contribution in [-0.4, -0.2) is 73.0 Å². The van der Waals surface area contributed by atoms with Crippen molar-refractivity contribution in [1.82, 2.24) is 25.1 Å². The highest BCUT2D eigenvalue weighted by Crippen LogP contribution is 2.15. The topological polar surface area (TPSA) is 59.9 Å². The first-order valence-corrected chi connectivity index (χ1v) is 10.1. The maximum absolute atomic E-state index is 4.56. The van der Waals surface area contributed by atoms with E-state index >= 15 is 0 Å². The molecule has 1 saturated heterocycles. The summed E-state index contributed by atoms with van der Waals surface area (Å²) in [6.07, 6.45) is 1.90. The zero-order valence-corrected chi connectivity index (χ0v) is 17.5. The standard InChI is InChI=1S/C19H29N7S/c1-15-23-17(14-27-15)13-25(4)19(20-2)22-12-16-5-6-21-18(11-16)26-9-7-24(3)8-10-26/h5-6,11,14H,7-10,12-13H2,1-4H3,(H,20,22). The van der Waals surface area contributed by atoms with Gasteiger partial charge in [0.1, 0.15) is 5.82 Å². The molecule has 1 aliphatic rings. The molecule has 2 aromatic rings. The molecule has 0 saturated carbocycles. The van der Waals surface area contributed by atoms with Gasteiger partial charge in [0.05, 0.1) is 17.2 Å². The minimum atomic E-state index is 0.719. The van der Waals surface area contributed by atoms with Gasteiger partial charge in [-0.2, -0.15) is 0 Å². The molecule has 2 aromatic heterocycles. The molecule has 146 valence electrons. The largest absolute Gasteiger partial charge is 0.354 e. The average molecular weight is 388 g/mol. The predicted molar refractivity (Wildman–Crippen MR) is 112 cm³/mol. The molecule has 0 bridgehead atoms. The Labute approximate surface area is 165 Å². The summed E-state index contributed by atoms with van der Waals surface area (Å²) in [6.45, 7) is 7.71. The zero-order chi connectivity index (χ0) is 19.2. The summed E-state index contributed by atoms with van der Waals surface area (Å²) in [5, 5.41) is 6.64. The molecule has 0 unspecified atom stereocenters. The molecule has 27 heavy (non-hydrogen) atoms. The van der Waals surface area contributed by atoms with E-state index in [-0.39, 0.29) is 0 Å². The number of piperazine rings is 1. The van der Waals surface area contributed by atoms with Crippen molar-refractivity contribution in [3.8, 4) is 0 Å². The minimum absolute atomic E-state index is 0.719. The number of likely N-dealkylation sites (N-methyl/N-ethyl adjacent to an activating group) is 1. The number of thiazole rings is 1. The van der Waals surface area contributed by atoms with E-state index in [4.69, 9.17) is 0 Å². The van der Waals surface area contributed by atoms with Gasteiger partial charge in [0, 0.05) is 58.4 Å². The second-order valence-corrected chi connectivity index (χ2v) is 7.99. The molecular weight excluding hydrogens is 358 g/mol. The van der Waals surface area contributed by atoms with Gasteiger partial charge in [-0.25, -0.2) is 9.97 Å². The fourth-order valence-corrected chi connectivity index (χ4v) is 3.75. The van der Waals surface area contributed by atoms with E-state index in [1.165, 1.54) is 5.56 Å². The summed E-state index contributed by atoms with van der Waals surface area (Å²) < 4.78 is 0. The van der Waals surface area contributed by atoms with Crippen LogP contribution in [0.2, 0.25) is 0 Å². The number of nitrogens with one attached hydrogen (secondary N) is 1. The van der Waals surface area contributed by atoms with Crippen LogP contribution in [0, 0.1) is 6.92 Å². The van der Waals surface area contributed by atoms with E-state index in [2.05, 4.69) is 59.5 Å². The highest BCUT2D eigenvalue weighted by Gasteiger charge is 2.15. The number of guanidine groups is 1. The first kappa shape index (κ1) is 19.6. The van der Waals surface area contributed by atoms with E-state index in [9.17, 15) is 0 Å². The third-order valence-electron chi connectivity index (χ3n) is 4.73. The van der Waals surface area contributed by atoms with Crippen molar-refractivity contribution < 1.29 is 0 Å². The summed E-state index contributed by atoms with van der Waals surface area (Å²) in [7, 11) is 6.01. The summed E-state index contributed by atoms with van der Waals surface area (Å²) in [5.74, 6) is 1.92. The van der Waals surface area contributed by atoms with Gasteiger partial charge in [0.25, 0.3) is 0 Å². The highest BCUT2D eigenvalue weighted by molar-refractivity contribution is 7.09. The highest BCUT2D eigenvalue weighted by atomic mass is 32.1. The normalized spacial score (nSPS) is 15.9. The lowest BCUT2D eigenvalue weighted by Crippen LogP contribution is -2.44. The molecule has 7 nitrogen and oxygen atoms in total. The van der Waals surface area contributed by atoms with Gasteiger partial charge in [-0.05, 0) is 31.7 Å². The number of rotatable bonds is 5.